The Morgan fingerprint density at radius 2 is 1.34 bits per heavy atom. The van der Waals surface area contributed by atoms with E-state index in [4.69, 9.17) is 4.74 Å². The SMILES string of the molecule is O=C(CN1CCC(OC2CCN(C(=O)c3c(F)cc(-c4cc[nH]c4)cc3F)CC2)CC1)N1CCN(C(=O)c2cc(Cc3n[nH]c(=O)c4ccccc34)ccc2F)CC1. The van der Waals surface area contributed by atoms with Crippen LogP contribution in [0.15, 0.2) is 77.9 Å². The molecule has 3 fully saturated rings. The minimum atomic E-state index is -0.884. The third-order valence-electron chi connectivity index (χ3n) is 11.5. The van der Waals surface area contributed by atoms with Crippen molar-refractivity contribution in [1.29, 1.82) is 0 Å². The van der Waals surface area contributed by atoms with Crippen LogP contribution in [0.4, 0.5) is 13.2 Å². The number of carbonyl (C=O) groups excluding carboxylic acids is 3. The van der Waals surface area contributed by atoms with E-state index in [1.807, 2.05) is 12.1 Å². The van der Waals surface area contributed by atoms with E-state index in [9.17, 15) is 32.3 Å². The van der Waals surface area contributed by atoms with Crippen molar-refractivity contribution in [2.45, 2.75) is 44.3 Å². The number of amides is 3. The van der Waals surface area contributed by atoms with E-state index in [0.29, 0.717) is 91.7 Å². The fraction of sp³-hybridized carbons (Fsp3) is 0.372. The molecule has 0 aliphatic carbocycles. The van der Waals surface area contributed by atoms with Crippen molar-refractivity contribution in [1.82, 2.24) is 34.8 Å². The normalized spacial score (nSPS) is 17.3. The number of nitrogens with zero attached hydrogens (tertiary/aromatic N) is 5. The van der Waals surface area contributed by atoms with Gasteiger partial charge in [-0.1, -0.05) is 24.3 Å². The van der Waals surface area contributed by atoms with Crippen LogP contribution in [0.2, 0.25) is 0 Å². The van der Waals surface area contributed by atoms with Crippen molar-refractivity contribution in [2.75, 3.05) is 58.9 Å². The van der Waals surface area contributed by atoms with Crippen LogP contribution < -0.4 is 5.56 Å². The quantitative estimate of drug-likeness (QED) is 0.215. The molecule has 302 valence electrons. The van der Waals surface area contributed by atoms with E-state index in [1.54, 1.807) is 46.5 Å². The summed E-state index contributed by atoms with van der Waals surface area (Å²) in [6.07, 6.45) is 6.14. The highest BCUT2D eigenvalue weighted by Crippen LogP contribution is 2.28. The second-order valence-electron chi connectivity index (χ2n) is 15.2. The highest BCUT2D eigenvalue weighted by Gasteiger charge is 2.32. The highest BCUT2D eigenvalue weighted by molar-refractivity contribution is 5.96. The van der Waals surface area contributed by atoms with Crippen molar-refractivity contribution in [3.8, 4) is 11.1 Å². The number of benzene rings is 3. The summed E-state index contributed by atoms with van der Waals surface area (Å²) >= 11 is 0. The number of hydrogen-bond acceptors (Lipinski definition) is 7. The van der Waals surface area contributed by atoms with Crippen molar-refractivity contribution in [3.63, 3.8) is 0 Å². The van der Waals surface area contributed by atoms with Gasteiger partial charge in [0.25, 0.3) is 17.4 Å². The number of fused-ring (bicyclic) bond motifs is 1. The van der Waals surface area contributed by atoms with Crippen LogP contribution in [-0.2, 0) is 16.0 Å². The third kappa shape index (κ3) is 8.41. The Bertz CT molecular complexity index is 2340. The van der Waals surface area contributed by atoms with Crippen LogP contribution in [-0.4, -0.2) is 124 Å². The van der Waals surface area contributed by atoms with Gasteiger partial charge in [0.15, 0.2) is 0 Å². The average molecular weight is 796 g/mol. The smallest absolute Gasteiger partial charge is 0.272 e. The third-order valence-corrected chi connectivity index (χ3v) is 11.5. The Kier molecular flexibility index (Phi) is 11.4. The molecule has 3 aliphatic heterocycles. The van der Waals surface area contributed by atoms with Gasteiger partial charge in [0.05, 0.1) is 35.4 Å². The number of ether oxygens (including phenoxy) is 1. The summed E-state index contributed by atoms with van der Waals surface area (Å²) < 4.78 is 51.3. The molecule has 0 spiro atoms. The Balaban J connectivity index is 0.765. The molecular weight excluding hydrogens is 752 g/mol. The van der Waals surface area contributed by atoms with Crippen LogP contribution in [0.5, 0.6) is 0 Å². The molecule has 0 saturated carbocycles. The summed E-state index contributed by atoms with van der Waals surface area (Å²) in [5, 5.41) is 7.91. The fourth-order valence-electron chi connectivity index (χ4n) is 8.24. The number of aromatic nitrogens is 3. The van der Waals surface area contributed by atoms with Gasteiger partial charge in [-0.05, 0) is 78.8 Å². The van der Waals surface area contributed by atoms with E-state index in [2.05, 4.69) is 20.1 Å². The number of carbonyl (C=O) groups is 3. The predicted octanol–water partition coefficient (Wildman–Crippen LogP) is 5.00. The molecule has 58 heavy (non-hydrogen) atoms. The van der Waals surface area contributed by atoms with E-state index >= 15 is 0 Å². The first-order chi connectivity index (χ1) is 28.1. The number of piperazine rings is 1. The summed E-state index contributed by atoms with van der Waals surface area (Å²) in [4.78, 5) is 61.8. The zero-order chi connectivity index (χ0) is 40.3. The molecule has 15 heteroatoms. The van der Waals surface area contributed by atoms with Gasteiger partial charge in [-0.3, -0.25) is 24.1 Å². The molecule has 0 atom stereocenters. The van der Waals surface area contributed by atoms with Gasteiger partial charge >= 0.3 is 0 Å². The van der Waals surface area contributed by atoms with E-state index in [-0.39, 0.29) is 48.9 Å². The van der Waals surface area contributed by atoms with E-state index in [1.165, 1.54) is 29.2 Å². The Morgan fingerprint density at radius 3 is 2.02 bits per heavy atom. The second kappa shape index (κ2) is 17.0. The highest BCUT2D eigenvalue weighted by atomic mass is 19.1. The molecule has 8 rings (SSSR count). The standard InChI is InChI=1S/C43H44F3N7O5/c44-35-6-5-27(22-38-32-3-1-2-4-33(32)41(55)49-48-38)21-34(35)42(56)53-19-17-51(18-20-53)39(54)26-50-13-8-30(9-14-50)58-31-10-15-52(16-11-31)43(57)40-36(45)23-29(24-37(40)46)28-7-12-47-25-28/h1-7,12,21,23-25,30-31,47H,8-11,13-20,22,26H2,(H,49,55). The summed E-state index contributed by atoms with van der Waals surface area (Å²) in [5.74, 6) is -3.52. The monoisotopic (exact) mass is 795 g/mol. The number of nitrogens with one attached hydrogen (secondary N) is 2. The molecule has 2 aromatic heterocycles. The van der Waals surface area contributed by atoms with Crippen LogP contribution >= 0.6 is 0 Å². The van der Waals surface area contributed by atoms with Crippen molar-refractivity contribution >= 4 is 28.5 Å². The van der Waals surface area contributed by atoms with Crippen molar-refractivity contribution < 1.29 is 32.3 Å². The number of H-pyrrole nitrogens is 2. The molecule has 5 heterocycles. The Hall–Kier alpha value is -5.80. The first-order valence-corrected chi connectivity index (χ1v) is 19.7. The second-order valence-corrected chi connectivity index (χ2v) is 15.2. The molecule has 12 nitrogen and oxygen atoms in total. The zero-order valence-corrected chi connectivity index (χ0v) is 31.9. The van der Waals surface area contributed by atoms with Crippen molar-refractivity contribution in [3.05, 3.63) is 123 Å². The summed E-state index contributed by atoms with van der Waals surface area (Å²) in [5.41, 5.74) is 1.39. The molecule has 3 amide bonds. The van der Waals surface area contributed by atoms with Gasteiger partial charge in [-0.2, -0.15) is 5.10 Å². The molecular formula is C43H44F3N7O5. The molecule has 3 saturated heterocycles. The summed E-state index contributed by atoms with van der Waals surface area (Å²) in [6, 6.07) is 15.6. The lowest BCUT2D eigenvalue weighted by Gasteiger charge is -2.38. The van der Waals surface area contributed by atoms with Crippen LogP contribution in [0.25, 0.3) is 21.9 Å². The Labute approximate surface area is 332 Å². The average Bonchev–Trinajstić information content (AvgIpc) is 3.79. The largest absolute Gasteiger partial charge is 0.375 e. The van der Waals surface area contributed by atoms with Gasteiger partial charge in [0.1, 0.15) is 23.0 Å². The maximum atomic E-state index is 15.0. The fourth-order valence-corrected chi connectivity index (χ4v) is 8.24. The van der Waals surface area contributed by atoms with Crippen LogP contribution in [0.3, 0.4) is 0 Å². The minimum absolute atomic E-state index is 0.00950. The summed E-state index contributed by atoms with van der Waals surface area (Å²) in [6.45, 7) is 3.55. The first-order valence-electron chi connectivity index (χ1n) is 19.7. The summed E-state index contributed by atoms with van der Waals surface area (Å²) in [7, 11) is 0. The molecule has 0 unspecified atom stereocenters. The molecule has 0 radical (unpaired) electrons. The number of hydrogen-bond donors (Lipinski definition) is 2. The van der Waals surface area contributed by atoms with Gasteiger partial charge in [-0.25, -0.2) is 18.3 Å². The van der Waals surface area contributed by atoms with Crippen molar-refractivity contribution in [2.24, 2.45) is 0 Å². The lowest BCUT2D eigenvalue weighted by Crippen LogP contribution is -2.53. The lowest BCUT2D eigenvalue weighted by molar-refractivity contribution is -0.135. The topological polar surface area (TPSA) is 135 Å². The Morgan fingerprint density at radius 1 is 0.707 bits per heavy atom. The van der Waals surface area contributed by atoms with Gasteiger partial charge in [0, 0.05) is 76.6 Å². The first kappa shape index (κ1) is 39.0. The number of likely N-dealkylation sites (tertiary alicyclic amines) is 2. The van der Waals surface area contributed by atoms with Gasteiger partial charge < -0.3 is 24.4 Å². The maximum absolute atomic E-state index is 15.0. The number of aromatic amines is 2. The number of rotatable bonds is 9. The lowest BCUT2D eigenvalue weighted by atomic mass is 10.0. The van der Waals surface area contributed by atoms with Gasteiger partial charge in [0.2, 0.25) is 5.91 Å². The van der Waals surface area contributed by atoms with E-state index < -0.39 is 34.8 Å². The van der Waals surface area contributed by atoms with Crippen LogP contribution in [0.1, 0.15) is 57.7 Å². The molecule has 3 aromatic carbocycles. The number of piperidine rings is 2. The molecule has 3 aliphatic rings. The number of halogens is 3. The van der Waals surface area contributed by atoms with Gasteiger partial charge in [-0.15, -0.1) is 0 Å². The van der Waals surface area contributed by atoms with E-state index in [0.717, 1.165) is 12.8 Å². The molecule has 5 aromatic rings. The van der Waals surface area contributed by atoms with Crippen LogP contribution in [0, 0.1) is 17.5 Å². The predicted molar refractivity (Wildman–Crippen MR) is 210 cm³/mol. The molecule has 2 N–H and O–H groups in total. The molecule has 0 bridgehead atoms. The maximum Gasteiger partial charge on any atom is 0.272 e. The minimum Gasteiger partial charge on any atom is -0.375 e. The zero-order valence-electron chi connectivity index (χ0n) is 31.9.